The van der Waals surface area contributed by atoms with Crippen LogP contribution in [0.1, 0.15) is 12.0 Å². The molecule has 4 nitrogen and oxygen atoms in total. The fourth-order valence-electron chi connectivity index (χ4n) is 3.13. The van der Waals surface area contributed by atoms with Gasteiger partial charge in [-0.15, -0.1) is 0 Å². The van der Waals surface area contributed by atoms with Gasteiger partial charge in [-0.3, -0.25) is 0 Å². The van der Waals surface area contributed by atoms with Crippen LogP contribution in [0.15, 0.2) is 41.4 Å². The van der Waals surface area contributed by atoms with Crippen molar-refractivity contribution >= 4 is 34.5 Å². The molecular formula is C18H18ClFN4. The molecule has 0 bridgehead atoms. The van der Waals surface area contributed by atoms with E-state index >= 15 is 0 Å². The Morgan fingerprint density at radius 1 is 1.04 bits per heavy atom. The summed E-state index contributed by atoms with van der Waals surface area (Å²) in [6.45, 7) is 3.60. The van der Waals surface area contributed by atoms with Crippen molar-refractivity contribution in [1.82, 2.24) is 10.2 Å². The van der Waals surface area contributed by atoms with E-state index in [9.17, 15) is 4.39 Å². The Labute approximate surface area is 145 Å². The van der Waals surface area contributed by atoms with E-state index in [-0.39, 0.29) is 5.82 Å². The highest BCUT2D eigenvalue weighted by atomic mass is 35.5. The number of hydrogen-bond donors (Lipinski definition) is 2. The Morgan fingerprint density at radius 3 is 2.83 bits per heavy atom. The normalized spacial score (nSPS) is 17.1. The Balaban J connectivity index is 1.87. The molecular weight excluding hydrogens is 327 g/mol. The quantitative estimate of drug-likeness (QED) is 0.761. The first-order valence-electron chi connectivity index (χ1n) is 8.11. The monoisotopic (exact) mass is 344 g/mol. The van der Waals surface area contributed by atoms with Crippen molar-refractivity contribution in [1.29, 1.82) is 0 Å². The van der Waals surface area contributed by atoms with E-state index in [1.807, 2.05) is 18.2 Å². The summed E-state index contributed by atoms with van der Waals surface area (Å²) in [5, 5.41) is 7.38. The van der Waals surface area contributed by atoms with Gasteiger partial charge in [0.25, 0.3) is 0 Å². The van der Waals surface area contributed by atoms with Crippen LogP contribution in [0.25, 0.3) is 0 Å². The van der Waals surface area contributed by atoms with Crippen molar-refractivity contribution in [2.24, 2.45) is 4.99 Å². The number of benzene rings is 2. The van der Waals surface area contributed by atoms with Crippen LogP contribution in [0.3, 0.4) is 0 Å². The number of rotatable bonds is 0. The summed E-state index contributed by atoms with van der Waals surface area (Å²) >= 11 is 6.15. The molecule has 0 unspecified atom stereocenters. The molecule has 0 spiro atoms. The first kappa shape index (κ1) is 15.4. The van der Waals surface area contributed by atoms with E-state index < -0.39 is 0 Å². The van der Waals surface area contributed by atoms with Crippen molar-refractivity contribution in [3.63, 3.8) is 0 Å². The molecule has 6 heteroatoms. The number of amidine groups is 1. The minimum Gasteiger partial charge on any atom is -0.355 e. The molecule has 2 N–H and O–H groups in total. The second-order valence-corrected chi connectivity index (χ2v) is 6.44. The molecule has 1 fully saturated rings. The highest BCUT2D eigenvalue weighted by Crippen LogP contribution is 2.36. The lowest BCUT2D eigenvalue weighted by atomic mass is 10.1. The summed E-state index contributed by atoms with van der Waals surface area (Å²) in [7, 11) is 0. The maximum Gasteiger partial charge on any atom is 0.138 e. The highest BCUT2D eigenvalue weighted by Gasteiger charge is 2.22. The van der Waals surface area contributed by atoms with Gasteiger partial charge in [0.2, 0.25) is 0 Å². The van der Waals surface area contributed by atoms with Crippen LogP contribution < -0.4 is 10.6 Å². The third-order valence-electron chi connectivity index (χ3n) is 4.32. The zero-order valence-electron chi connectivity index (χ0n) is 13.1. The van der Waals surface area contributed by atoms with E-state index in [1.54, 1.807) is 12.1 Å². The van der Waals surface area contributed by atoms with Crippen LogP contribution in [0.2, 0.25) is 5.02 Å². The second-order valence-electron chi connectivity index (χ2n) is 6.00. The molecule has 124 valence electrons. The van der Waals surface area contributed by atoms with Crippen LogP contribution in [0.5, 0.6) is 0 Å². The van der Waals surface area contributed by atoms with Gasteiger partial charge in [0.15, 0.2) is 0 Å². The van der Waals surface area contributed by atoms with Gasteiger partial charge in [0, 0.05) is 35.9 Å². The fraction of sp³-hybridized carbons (Fsp3) is 0.278. The van der Waals surface area contributed by atoms with Crippen molar-refractivity contribution in [2.45, 2.75) is 6.42 Å². The smallest absolute Gasteiger partial charge is 0.138 e. The standard InChI is InChI=1S/C18H18ClFN4/c19-12-2-4-16-17(10-12)23-18(24-8-1-6-21-7-9-24)14-11-13(20)3-5-15(14)22-16/h2-5,10-11,21-22H,1,6-9H2. The first-order valence-corrected chi connectivity index (χ1v) is 8.49. The molecule has 0 aromatic heterocycles. The number of nitrogens with one attached hydrogen (secondary N) is 2. The third kappa shape index (κ3) is 2.97. The van der Waals surface area contributed by atoms with Crippen LogP contribution >= 0.6 is 11.6 Å². The molecule has 2 aromatic rings. The molecule has 0 saturated carbocycles. The zero-order valence-corrected chi connectivity index (χ0v) is 13.9. The number of nitrogens with zero attached hydrogens (tertiary/aromatic N) is 2. The lowest BCUT2D eigenvalue weighted by Gasteiger charge is -2.24. The summed E-state index contributed by atoms with van der Waals surface area (Å²) in [5.74, 6) is 0.530. The summed E-state index contributed by atoms with van der Waals surface area (Å²) in [4.78, 5) is 7.07. The van der Waals surface area contributed by atoms with E-state index in [4.69, 9.17) is 16.6 Å². The predicted octanol–water partition coefficient (Wildman–Crippen LogP) is 3.91. The molecule has 0 aliphatic carbocycles. The molecule has 0 atom stereocenters. The molecule has 1 saturated heterocycles. The Hall–Kier alpha value is -2.11. The highest BCUT2D eigenvalue weighted by molar-refractivity contribution is 6.31. The van der Waals surface area contributed by atoms with Gasteiger partial charge in [-0.05, 0) is 49.4 Å². The molecule has 0 radical (unpaired) electrons. The van der Waals surface area contributed by atoms with Crippen molar-refractivity contribution in [3.05, 3.63) is 52.8 Å². The van der Waals surface area contributed by atoms with E-state index in [2.05, 4.69) is 15.5 Å². The topological polar surface area (TPSA) is 39.7 Å². The second kappa shape index (κ2) is 6.42. The summed E-state index contributed by atoms with van der Waals surface area (Å²) in [6.07, 6.45) is 1.03. The fourth-order valence-corrected chi connectivity index (χ4v) is 3.30. The van der Waals surface area contributed by atoms with Crippen LogP contribution in [0, 0.1) is 5.82 Å². The number of anilines is 2. The number of hydrogen-bond acceptors (Lipinski definition) is 4. The lowest BCUT2D eigenvalue weighted by molar-refractivity contribution is 0.447. The maximum atomic E-state index is 13.9. The van der Waals surface area contributed by atoms with Gasteiger partial charge < -0.3 is 15.5 Å². The minimum absolute atomic E-state index is 0.264. The Bertz CT molecular complexity index is 798. The molecule has 2 aliphatic heterocycles. The molecule has 0 amide bonds. The summed E-state index contributed by atoms with van der Waals surface area (Å²) < 4.78 is 13.9. The average Bonchev–Trinajstić information content (AvgIpc) is 2.92. The van der Waals surface area contributed by atoms with Gasteiger partial charge in [-0.1, -0.05) is 11.6 Å². The lowest BCUT2D eigenvalue weighted by Crippen LogP contribution is -2.35. The maximum absolute atomic E-state index is 13.9. The van der Waals surface area contributed by atoms with Gasteiger partial charge in [0.1, 0.15) is 11.7 Å². The molecule has 2 aliphatic rings. The molecule has 24 heavy (non-hydrogen) atoms. The summed E-state index contributed by atoms with van der Waals surface area (Å²) in [6, 6.07) is 10.3. The Morgan fingerprint density at radius 2 is 1.92 bits per heavy atom. The van der Waals surface area contributed by atoms with E-state index in [1.165, 1.54) is 6.07 Å². The SMILES string of the molecule is Fc1ccc2c(c1)C(N1CCCNCC1)=Nc1cc(Cl)ccc1N2. The van der Waals surface area contributed by atoms with E-state index in [0.29, 0.717) is 5.02 Å². The van der Waals surface area contributed by atoms with Crippen molar-refractivity contribution < 1.29 is 4.39 Å². The predicted molar refractivity (Wildman–Crippen MR) is 96.4 cm³/mol. The molecule has 2 heterocycles. The van der Waals surface area contributed by atoms with Crippen molar-refractivity contribution in [3.8, 4) is 0 Å². The van der Waals surface area contributed by atoms with Gasteiger partial charge >= 0.3 is 0 Å². The first-order chi connectivity index (χ1) is 11.7. The largest absolute Gasteiger partial charge is 0.355 e. The molecule has 2 aromatic carbocycles. The Kier molecular flexibility index (Phi) is 4.12. The number of aliphatic imine (C=N–C) groups is 1. The van der Waals surface area contributed by atoms with Gasteiger partial charge in [-0.25, -0.2) is 9.38 Å². The summed E-state index contributed by atoms with van der Waals surface area (Å²) in [5.41, 5.74) is 3.28. The van der Waals surface area contributed by atoms with Gasteiger partial charge in [-0.2, -0.15) is 0 Å². The van der Waals surface area contributed by atoms with Crippen molar-refractivity contribution in [2.75, 3.05) is 31.5 Å². The van der Waals surface area contributed by atoms with Crippen LogP contribution in [-0.2, 0) is 0 Å². The minimum atomic E-state index is -0.264. The number of fused-ring (bicyclic) bond motifs is 2. The molecule has 4 rings (SSSR count). The third-order valence-corrected chi connectivity index (χ3v) is 4.55. The van der Waals surface area contributed by atoms with Crippen LogP contribution in [0.4, 0.5) is 21.5 Å². The van der Waals surface area contributed by atoms with Gasteiger partial charge in [0.05, 0.1) is 11.4 Å². The average molecular weight is 345 g/mol. The van der Waals surface area contributed by atoms with E-state index in [0.717, 1.165) is 61.1 Å². The van der Waals surface area contributed by atoms with Crippen LogP contribution in [-0.4, -0.2) is 36.9 Å². The number of halogens is 2. The zero-order chi connectivity index (χ0) is 16.5.